The molecule has 0 saturated carbocycles. The molecular formula is C29H29F3N10O4. The highest BCUT2D eigenvalue weighted by atomic mass is 19.4. The second-order valence-electron chi connectivity index (χ2n) is 10.4. The molecule has 1 unspecified atom stereocenters. The zero-order valence-corrected chi connectivity index (χ0v) is 24.5. The number of likely N-dealkylation sites (tertiary alicyclic amines) is 1. The summed E-state index contributed by atoms with van der Waals surface area (Å²) in [4.78, 5) is 47.5. The number of aromatic nitrogens is 5. The van der Waals surface area contributed by atoms with Crippen molar-refractivity contribution >= 4 is 35.4 Å². The summed E-state index contributed by atoms with van der Waals surface area (Å²) in [6.07, 6.45) is 2.16. The van der Waals surface area contributed by atoms with E-state index in [4.69, 9.17) is 15.7 Å². The number of rotatable bonds is 10. The molecule has 1 saturated heterocycles. The Morgan fingerprint density at radius 2 is 2.09 bits per heavy atom. The normalized spacial score (nSPS) is 15.0. The van der Waals surface area contributed by atoms with Gasteiger partial charge in [0.15, 0.2) is 22.9 Å². The van der Waals surface area contributed by atoms with Crippen molar-refractivity contribution in [1.29, 1.82) is 5.26 Å². The molecule has 2 amide bonds. The number of hydrogen-bond donors (Lipinski definition) is 3. The van der Waals surface area contributed by atoms with E-state index in [1.54, 1.807) is 17.9 Å². The van der Waals surface area contributed by atoms with Gasteiger partial charge in [0.1, 0.15) is 6.54 Å². The molecule has 1 fully saturated rings. The minimum atomic E-state index is -4.80. The Labute approximate surface area is 260 Å². The number of anilines is 2. The number of halogens is 3. The Bertz CT molecular complexity index is 1830. The number of fused-ring (bicyclic) bond motifs is 1. The SMILES string of the molecule is CCc1c(C(=O)NCC(=O)N2CCCC(N)C2)ccc(Nc2nccn3c(-c4cn(CC#N)nc4C(F)(F)F)cnc23)c1OC=O. The molecule has 0 bridgehead atoms. The number of ether oxygens (including phenoxy) is 1. The predicted molar refractivity (Wildman–Crippen MR) is 157 cm³/mol. The van der Waals surface area contributed by atoms with E-state index in [-0.39, 0.29) is 77.7 Å². The lowest BCUT2D eigenvalue weighted by molar-refractivity contribution is -0.141. The Morgan fingerprint density at radius 1 is 1.28 bits per heavy atom. The van der Waals surface area contributed by atoms with E-state index >= 15 is 0 Å². The standard InChI is InChI=1S/C29H29F3N10O4/c1-2-18-19(28(45)37-13-23(44)40-9-3-4-17(34)14-40)5-6-21(24(18)46-16-43)38-26-27-36-12-22(42(27)11-8-35-26)20-15-41(10-7-33)39-25(20)29(30,31)32/h5-6,8,11-12,15-17H,2-4,9-10,13-14,34H2,1H3,(H,35,38)(H,37,45). The van der Waals surface area contributed by atoms with Gasteiger partial charge in [0.2, 0.25) is 5.91 Å². The zero-order valence-electron chi connectivity index (χ0n) is 24.5. The summed E-state index contributed by atoms with van der Waals surface area (Å²) >= 11 is 0. The highest BCUT2D eigenvalue weighted by Gasteiger charge is 2.38. The maximum Gasteiger partial charge on any atom is 0.435 e. The largest absolute Gasteiger partial charge is 0.435 e. The first kappa shape index (κ1) is 31.9. The van der Waals surface area contributed by atoms with Crippen LogP contribution in [0.25, 0.3) is 16.9 Å². The number of alkyl halides is 3. The molecule has 4 aromatic rings. The third-order valence-corrected chi connectivity index (χ3v) is 7.46. The van der Waals surface area contributed by atoms with Gasteiger partial charge in [-0.2, -0.15) is 23.5 Å². The van der Waals surface area contributed by atoms with Crippen LogP contribution in [0.5, 0.6) is 5.75 Å². The molecule has 1 aromatic carbocycles. The van der Waals surface area contributed by atoms with Gasteiger partial charge in [-0.1, -0.05) is 6.92 Å². The van der Waals surface area contributed by atoms with Crippen molar-refractivity contribution in [1.82, 2.24) is 34.4 Å². The molecule has 1 aliphatic heterocycles. The Balaban J connectivity index is 1.44. The molecule has 1 aliphatic rings. The van der Waals surface area contributed by atoms with Crippen LogP contribution in [0.2, 0.25) is 0 Å². The zero-order chi connectivity index (χ0) is 33.0. The number of amides is 2. The summed E-state index contributed by atoms with van der Waals surface area (Å²) in [6, 6.07) is 4.62. The maximum atomic E-state index is 13.8. The van der Waals surface area contributed by atoms with E-state index < -0.39 is 17.8 Å². The average molecular weight is 639 g/mol. The van der Waals surface area contributed by atoms with Crippen LogP contribution in [0.15, 0.2) is 36.9 Å². The van der Waals surface area contributed by atoms with E-state index in [1.807, 2.05) is 0 Å². The lowest BCUT2D eigenvalue weighted by atomic mass is 10.0. The Kier molecular flexibility index (Phi) is 9.18. The molecule has 46 heavy (non-hydrogen) atoms. The number of carbonyl (C=O) groups excluding carboxylic acids is 3. The van der Waals surface area contributed by atoms with Gasteiger partial charge in [-0.05, 0) is 31.4 Å². The summed E-state index contributed by atoms with van der Waals surface area (Å²) in [5.41, 5.74) is 5.43. The first-order valence-electron chi connectivity index (χ1n) is 14.2. The number of piperidine rings is 1. The van der Waals surface area contributed by atoms with Crippen molar-refractivity contribution < 1.29 is 32.3 Å². The van der Waals surface area contributed by atoms with Gasteiger partial charge in [-0.25, -0.2) is 9.97 Å². The van der Waals surface area contributed by atoms with E-state index in [0.717, 1.165) is 23.7 Å². The van der Waals surface area contributed by atoms with Crippen LogP contribution in [0.4, 0.5) is 24.7 Å². The lowest BCUT2D eigenvalue weighted by Gasteiger charge is -2.30. The highest BCUT2D eigenvalue weighted by molar-refractivity contribution is 5.99. The van der Waals surface area contributed by atoms with Gasteiger partial charge >= 0.3 is 6.18 Å². The third kappa shape index (κ3) is 6.47. The number of carbonyl (C=O) groups is 3. The van der Waals surface area contributed by atoms with E-state index in [9.17, 15) is 27.6 Å². The van der Waals surface area contributed by atoms with Crippen molar-refractivity contribution in [2.45, 2.75) is 44.9 Å². The summed E-state index contributed by atoms with van der Waals surface area (Å²) < 4.78 is 49.0. The third-order valence-electron chi connectivity index (χ3n) is 7.46. The molecule has 0 spiro atoms. The molecule has 3 aromatic heterocycles. The smallest absolute Gasteiger partial charge is 0.426 e. The van der Waals surface area contributed by atoms with E-state index in [2.05, 4.69) is 25.7 Å². The van der Waals surface area contributed by atoms with Crippen LogP contribution in [0.3, 0.4) is 0 Å². The molecule has 4 heterocycles. The summed E-state index contributed by atoms with van der Waals surface area (Å²) in [5.74, 6) is -0.690. The van der Waals surface area contributed by atoms with Crippen LogP contribution in [-0.2, 0) is 28.7 Å². The van der Waals surface area contributed by atoms with Crippen molar-refractivity contribution in [3.63, 3.8) is 0 Å². The van der Waals surface area contributed by atoms with Crippen molar-refractivity contribution in [3.8, 4) is 23.1 Å². The maximum absolute atomic E-state index is 13.8. The number of imidazole rings is 1. The van der Waals surface area contributed by atoms with Gasteiger partial charge < -0.3 is 26.0 Å². The fraction of sp³-hybridized carbons (Fsp3) is 0.345. The number of nitrogens with one attached hydrogen (secondary N) is 2. The first-order chi connectivity index (χ1) is 22.0. The fourth-order valence-electron chi connectivity index (χ4n) is 5.38. The van der Waals surface area contributed by atoms with Crippen LogP contribution in [0.1, 0.15) is 41.4 Å². The van der Waals surface area contributed by atoms with Crippen molar-refractivity contribution in [2.24, 2.45) is 5.73 Å². The van der Waals surface area contributed by atoms with Crippen LogP contribution < -0.4 is 21.1 Å². The van der Waals surface area contributed by atoms with Crippen molar-refractivity contribution in [2.75, 3.05) is 25.0 Å². The second kappa shape index (κ2) is 13.2. The second-order valence-corrected chi connectivity index (χ2v) is 10.4. The van der Waals surface area contributed by atoms with E-state index in [0.29, 0.717) is 18.7 Å². The number of hydrogen-bond acceptors (Lipinski definition) is 10. The predicted octanol–water partition coefficient (Wildman–Crippen LogP) is 2.66. The number of nitrogens with two attached hydrogens (primary N) is 1. The lowest BCUT2D eigenvalue weighted by Crippen LogP contribution is -2.49. The molecule has 4 N–H and O–H groups in total. The Morgan fingerprint density at radius 3 is 2.78 bits per heavy atom. The molecule has 5 rings (SSSR count). The Hall–Kier alpha value is -5.50. The number of nitriles is 1. The van der Waals surface area contributed by atoms with Gasteiger partial charge in [0.25, 0.3) is 12.4 Å². The molecule has 0 radical (unpaired) electrons. The molecular weight excluding hydrogens is 609 g/mol. The topological polar surface area (TPSA) is 186 Å². The molecule has 240 valence electrons. The number of nitrogens with zero attached hydrogens (tertiary/aromatic N) is 7. The minimum absolute atomic E-state index is 0.0196. The van der Waals surface area contributed by atoms with Gasteiger partial charge in [0.05, 0.1) is 35.8 Å². The highest BCUT2D eigenvalue weighted by Crippen LogP contribution is 2.38. The molecule has 17 heteroatoms. The minimum Gasteiger partial charge on any atom is -0.426 e. The van der Waals surface area contributed by atoms with Gasteiger partial charge in [0, 0.05) is 48.8 Å². The van der Waals surface area contributed by atoms with E-state index in [1.165, 1.54) is 35.1 Å². The molecule has 1 atom stereocenters. The average Bonchev–Trinajstić information content (AvgIpc) is 3.65. The quantitative estimate of drug-likeness (QED) is 0.218. The summed E-state index contributed by atoms with van der Waals surface area (Å²) in [6.45, 7) is 2.30. The molecule has 14 nitrogen and oxygen atoms in total. The van der Waals surface area contributed by atoms with Crippen molar-refractivity contribution in [3.05, 3.63) is 53.7 Å². The fourth-order valence-corrected chi connectivity index (χ4v) is 5.38. The monoisotopic (exact) mass is 638 g/mol. The summed E-state index contributed by atoms with van der Waals surface area (Å²) in [7, 11) is 0. The number of benzene rings is 1. The van der Waals surface area contributed by atoms with Crippen LogP contribution in [-0.4, -0.2) is 73.0 Å². The molecule has 0 aliphatic carbocycles. The van der Waals surface area contributed by atoms with Crippen LogP contribution in [0, 0.1) is 11.3 Å². The first-order valence-corrected chi connectivity index (χ1v) is 14.2. The van der Waals surface area contributed by atoms with Gasteiger partial charge in [-0.3, -0.25) is 23.5 Å². The van der Waals surface area contributed by atoms with Gasteiger partial charge in [-0.15, -0.1) is 0 Å². The van der Waals surface area contributed by atoms with Crippen LogP contribution >= 0.6 is 0 Å². The summed E-state index contributed by atoms with van der Waals surface area (Å²) in [5, 5.41) is 18.1.